The molecule has 0 bridgehead atoms. The lowest BCUT2D eigenvalue weighted by Gasteiger charge is -2.19. The lowest BCUT2D eigenvalue weighted by Crippen LogP contribution is -2.16. The number of amides is 1. The number of nitrogens with two attached hydrogens (primary N) is 1. The molecule has 0 saturated carbocycles. The van der Waals surface area contributed by atoms with E-state index in [9.17, 15) is 9.18 Å². The quantitative estimate of drug-likeness (QED) is 0.907. The fraction of sp³-hybridized carbons (Fsp3) is 0.200. The zero-order chi connectivity index (χ0) is 16.1. The van der Waals surface area contributed by atoms with Gasteiger partial charge in [0.25, 0.3) is 0 Å². The highest BCUT2D eigenvalue weighted by Crippen LogP contribution is 2.26. The van der Waals surface area contributed by atoms with Gasteiger partial charge in [-0.3, -0.25) is 5.32 Å². The molecule has 0 aliphatic rings. The Morgan fingerprint density at radius 1 is 1.32 bits per heavy atom. The number of anilines is 4. The van der Waals surface area contributed by atoms with Crippen LogP contribution in [-0.4, -0.2) is 24.7 Å². The van der Waals surface area contributed by atoms with Crippen molar-refractivity contribution < 1.29 is 13.9 Å². The second-order valence-corrected chi connectivity index (χ2v) is 4.48. The fourth-order valence-corrected chi connectivity index (χ4v) is 1.83. The normalized spacial score (nSPS) is 10.1. The molecule has 0 atom stereocenters. The molecule has 1 amide bonds. The number of halogens is 1. The number of carbonyl (C=O) groups is 1. The summed E-state index contributed by atoms with van der Waals surface area (Å²) in [5.74, 6) is 0.427. The minimum Gasteiger partial charge on any atom is -0.450 e. The number of carbonyl (C=O) groups excluding carboxylic acids is 1. The van der Waals surface area contributed by atoms with Crippen molar-refractivity contribution in [1.82, 2.24) is 4.98 Å². The SMILES string of the molecule is CCOC(=O)Nc1ccc(N(C)c2ccc(F)cc2)nc1N. The molecule has 22 heavy (non-hydrogen) atoms. The van der Waals surface area contributed by atoms with Crippen LogP contribution in [0.1, 0.15) is 6.92 Å². The predicted molar refractivity (Wildman–Crippen MR) is 83.8 cm³/mol. The van der Waals surface area contributed by atoms with Gasteiger partial charge in [0.2, 0.25) is 0 Å². The average molecular weight is 304 g/mol. The van der Waals surface area contributed by atoms with E-state index in [-0.39, 0.29) is 18.2 Å². The van der Waals surface area contributed by atoms with Gasteiger partial charge in [-0.1, -0.05) is 0 Å². The van der Waals surface area contributed by atoms with Crippen LogP contribution in [0.4, 0.5) is 32.2 Å². The van der Waals surface area contributed by atoms with E-state index in [4.69, 9.17) is 10.5 Å². The first-order valence-corrected chi connectivity index (χ1v) is 6.71. The Morgan fingerprint density at radius 2 is 2.00 bits per heavy atom. The third-order valence-corrected chi connectivity index (χ3v) is 2.98. The van der Waals surface area contributed by atoms with Crippen molar-refractivity contribution in [2.75, 3.05) is 29.6 Å². The lowest BCUT2D eigenvalue weighted by atomic mass is 10.3. The number of ether oxygens (including phenoxy) is 1. The van der Waals surface area contributed by atoms with E-state index in [2.05, 4.69) is 10.3 Å². The number of pyridine rings is 1. The molecule has 2 aromatic rings. The van der Waals surface area contributed by atoms with Crippen molar-refractivity contribution in [2.24, 2.45) is 0 Å². The number of benzene rings is 1. The van der Waals surface area contributed by atoms with Crippen LogP contribution in [0.15, 0.2) is 36.4 Å². The molecule has 0 saturated heterocycles. The van der Waals surface area contributed by atoms with E-state index in [0.29, 0.717) is 11.5 Å². The standard InChI is InChI=1S/C15H17FN4O2/c1-3-22-15(21)18-12-8-9-13(19-14(12)17)20(2)11-6-4-10(16)5-7-11/h4-9H,3H2,1-2H3,(H2,17,19)(H,18,21). The number of hydrogen-bond acceptors (Lipinski definition) is 5. The minimum atomic E-state index is -0.587. The van der Waals surface area contributed by atoms with Gasteiger partial charge in [0.05, 0.1) is 12.3 Å². The molecule has 0 fully saturated rings. The first kappa shape index (κ1) is 15.6. The molecule has 0 aliphatic heterocycles. The van der Waals surface area contributed by atoms with Crippen molar-refractivity contribution in [1.29, 1.82) is 0 Å². The largest absolute Gasteiger partial charge is 0.450 e. The molecule has 2 rings (SSSR count). The van der Waals surface area contributed by atoms with E-state index >= 15 is 0 Å². The van der Waals surface area contributed by atoms with Crippen molar-refractivity contribution in [3.63, 3.8) is 0 Å². The molecule has 3 N–H and O–H groups in total. The maximum Gasteiger partial charge on any atom is 0.411 e. The zero-order valence-electron chi connectivity index (χ0n) is 12.3. The van der Waals surface area contributed by atoms with Crippen LogP contribution in [0.3, 0.4) is 0 Å². The van der Waals surface area contributed by atoms with Gasteiger partial charge in [0, 0.05) is 12.7 Å². The van der Waals surface area contributed by atoms with Gasteiger partial charge in [0.15, 0.2) is 0 Å². The topological polar surface area (TPSA) is 80.5 Å². The Labute approximate surface area is 127 Å². The molecule has 6 nitrogen and oxygen atoms in total. The van der Waals surface area contributed by atoms with Crippen LogP contribution in [0.5, 0.6) is 0 Å². The Kier molecular flexibility index (Phi) is 4.77. The number of hydrogen-bond donors (Lipinski definition) is 2. The summed E-state index contributed by atoms with van der Waals surface area (Å²) < 4.78 is 17.7. The minimum absolute atomic E-state index is 0.166. The molecule has 1 heterocycles. The number of nitrogens with zero attached hydrogens (tertiary/aromatic N) is 2. The highest BCUT2D eigenvalue weighted by Gasteiger charge is 2.10. The molecule has 116 valence electrons. The first-order chi connectivity index (χ1) is 10.5. The molecule has 0 radical (unpaired) electrons. The Balaban J connectivity index is 2.17. The first-order valence-electron chi connectivity index (χ1n) is 6.71. The monoisotopic (exact) mass is 304 g/mol. The van der Waals surface area contributed by atoms with Crippen LogP contribution in [0.2, 0.25) is 0 Å². The van der Waals surface area contributed by atoms with Crippen LogP contribution < -0.4 is 16.0 Å². The predicted octanol–water partition coefficient (Wildman–Crippen LogP) is 3.14. The molecular formula is C15H17FN4O2. The summed E-state index contributed by atoms with van der Waals surface area (Å²) in [6.07, 6.45) is -0.587. The van der Waals surface area contributed by atoms with Crippen molar-refractivity contribution in [3.8, 4) is 0 Å². The summed E-state index contributed by atoms with van der Waals surface area (Å²) in [6.45, 7) is 1.98. The Bertz CT molecular complexity index is 661. The van der Waals surface area contributed by atoms with Gasteiger partial charge >= 0.3 is 6.09 Å². The second-order valence-electron chi connectivity index (χ2n) is 4.48. The summed E-state index contributed by atoms with van der Waals surface area (Å²) in [7, 11) is 1.79. The maximum atomic E-state index is 12.9. The van der Waals surface area contributed by atoms with E-state index in [1.165, 1.54) is 12.1 Å². The van der Waals surface area contributed by atoms with Crippen LogP contribution in [0, 0.1) is 5.82 Å². The number of nitrogen functional groups attached to an aromatic ring is 1. The van der Waals surface area contributed by atoms with Crippen LogP contribution >= 0.6 is 0 Å². The Hall–Kier alpha value is -2.83. The molecule has 7 heteroatoms. The lowest BCUT2D eigenvalue weighted by molar-refractivity contribution is 0.168. The van der Waals surface area contributed by atoms with E-state index in [1.807, 2.05) is 0 Å². The van der Waals surface area contributed by atoms with Gasteiger partial charge in [-0.2, -0.15) is 0 Å². The smallest absolute Gasteiger partial charge is 0.411 e. The number of nitrogens with one attached hydrogen (secondary N) is 1. The van der Waals surface area contributed by atoms with E-state index in [1.54, 1.807) is 43.1 Å². The summed E-state index contributed by atoms with van der Waals surface area (Å²) >= 11 is 0. The van der Waals surface area contributed by atoms with Crippen molar-refractivity contribution in [3.05, 3.63) is 42.2 Å². The summed E-state index contributed by atoms with van der Waals surface area (Å²) in [4.78, 5) is 17.4. The van der Waals surface area contributed by atoms with Gasteiger partial charge in [0.1, 0.15) is 17.5 Å². The molecule has 1 aromatic carbocycles. The number of aromatic nitrogens is 1. The molecule has 1 aromatic heterocycles. The van der Waals surface area contributed by atoms with Crippen LogP contribution in [0.25, 0.3) is 0 Å². The van der Waals surface area contributed by atoms with E-state index in [0.717, 1.165) is 5.69 Å². The van der Waals surface area contributed by atoms with Gasteiger partial charge in [-0.15, -0.1) is 0 Å². The molecule has 0 aliphatic carbocycles. The van der Waals surface area contributed by atoms with Crippen molar-refractivity contribution >= 4 is 29.1 Å². The van der Waals surface area contributed by atoms with Gasteiger partial charge in [-0.25, -0.2) is 14.2 Å². The Morgan fingerprint density at radius 3 is 2.59 bits per heavy atom. The average Bonchev–Trinajstić information content (AvgIpc) is 2.49. The summed E-state index contributed by atoms with van der Waals surface area (Å²) in [6, 6.07) is 9.34. The second kappa shape index (κ2) is 6.75. The van der Waals surface area contributed by atoms with Gasteiger partial charge < -0.3 is 15.4 Å². The zero-order valence-corrected chi connectivity index (χ0v) is 12.3. The third kappa shape index (κ3) is 3.63. The highest BCUT2D eigenvalue weighted by molar-refractivity contribution is 5.88. The maximum absolute atomic E-state index is 12.9. The van der Waals surface area contributed by atoms with Gasteiger partial charge in [-0.05, 0) is 43.3 Å². The van der Waals surface area contributed by atoms with E-state index < -0.39 is 6.09 Å². The molecule has 0 spiro atoms. The summed E-state index contributed by atoms with van der Waals surface area (Å²) in [5, 5.41) is 2.51. The third-order valence-electron chi connectivity index (χ3n) is 2.98. The molecular weight excluding hydrogens is 287 g/mol. The summed E-state index contributed by atoms with van der Waals surface area (Å²) in [5.41, 5.74) is 6.97. The molecule has 0 unspecified atom stereocenters. The highest BCUT2D eigenvalue weighted by atomic mass is 19.1. The van der Waals surface area contributed by atoms with Crippen LogP contribution in [-0.2, 0) is 4.74 Å². The van der Waals surface area contributed by atoms with Crippen molar-refractivity contribution in [2.45, 2.75) is 6.92 Å². The number of rotatable bonds is 4. The fourth-order valence-electron chi connectivity index (χ4n) is 1.83.